The molecule has 0 aromatic heterocycles. The molecule has 2 atom stereocenters. The lowest BCUT2D eigenvalue weighted by molar-refractivity contribution is -0.125. The molecule has 0 aliphatic carbocycles. The fraction of sp³-hybridized carbons (Fsp3) is 0.381. The number of hydrogen-bond donors (Lipinski definition) is 1. The van der Waals surface area contributed by atoms with E-state index in [4.69, 9.17) is 4.74 Å². The van der Waals surface area contributed by atoms with Crippen LogP contribution in [0.2, 0.25) is 0 Å². The van der Waals surface area contributed by atoms with Gasteiger partial charge in [-0.1, -0.05) is 32.0 Å². The molecule has 0 radical (unpaired) electrons. The molecule has 2 aromatic rings. The van der Waals surface area contributed by atoms with E-state index in [-0.39, 0.29) is 22.8 Å². The fourth-order valence-corrected chi connectivity index (χ4v) is 3.75. The van der Waals surface area contributed by atoms with Crippen molar-refractivity contribution < 1.29 is 17.9 Å². The molecule has 1 aliphatic heterocycles. The molecular formula is C21H25NO4S. The second kappa shape index (κ2) is 7.72. The molecule has 144 valence electrons. The maximum absolute atomic E-state index is 12.6. The molecule has 1 unspecified atom stereocenters. The Kier molecular flexibility index (Phi) is 5.56. The number of rotatable bonds is 6. The molecule has 0 bridgehead atoms. The van der Waals surface area contributed by atoms with Crippen LogP contribution in [0.4, 0.5) is 0 Å². The van der Waals surface area contributed by atoms with E-state index in [2.05, 4.69) is 11.4 Å². The molecule has 0 saturated carbocycles. The summed E-state index contributed by atoms with van der Waals surface area (Å²) >= 11 is 0. The fourth-order valence-electron chi connectivity index (χ4n) is 3.12. The highest BCUT2D eigenvalue weighted by molar-refractivity contribution is 7.90. The monoisotopic (exact) mass is 387 g/mol. The average Bonchev–Trinajstić information content (AvgIpc) is 3.12. The summed E-state index contributed by atoms with van der Waals surface area (Å²) < 4.78 is 29.0. The van der Waals surface area contributed by atoms with Crippen LogP contribution >= 0.6 is 0 Å². The first-order valence-corrected chi connectivity index (χ1v) is 11.0. The van der Waals surface area contributed by atoms with E-state index >= 15 is 0 Å². The van der Waals surface area contributed by atoms with Gasteiger partial charge < -0.3 is 10.1 Å². The molecule has 1 N–H and O–H groups in total. The van der Waals surface area contributed by atoms with Crippen molar-refractivity contribution in [1.82, 2.24) is 5.32 Å². The van der Waals surface area contributed by atoms with Gasteiger partial charge in [0.2, 0.25) is 5.91 Å². The Morgan fingerprint density at radius 2 is 1.81 bits per heavy atom. The minimum atomic E-state index is -3.26. The molecule has 3 rings (SSSR count). The van der Waals surface area contributed by atoms with Crippen LogP contribution in [-0.4, -0.2) is 27.2 Å². The van der Waals surface area contributed by atoms with Gasteiger partial charge in [-0.05, 0) is 47.4 Å². The molecule has 5 nitrogen and oxygen atoms in total. The van der Waals surface area contributed by atoms with E-state index in [1.165, 1.54) is 6.26 Å². The summed E-state index contributed by atoms with van der Waals surface area (Å²) in [6.45, 7) is 4.55. The lowest BCUT2D eigenvalue weighted by Crippen LogP contribution is -2.33. The summed E-state index contributed by atoms with van der Waals surface area (Å²) in [5, 5.41) is 3.12. The summed E-state index contributed by atoms with van der Waals surface area (Å²) in [4.78, 5) is 12.8. The van der Waals surface area contributed by atoms with Crippen molar-refractivity contribution in [2.45, 2.75) is 37.6 Å². The van der Waals surface area contributed by atoms with E-state index in [9.17, 15) is 13.2 Å². The Balaban J connectivity index is 1.98. The number of ether oxygens (including phenoxy) is 1. The van der Waals surface area contributed by atoms with Crippen LogP contribution in [0, 0.1) is 5.92 Å². The van der Waals surface area contributed by atoms with Gasteiger partial charge in [0.05, 0.1) is 17.5 Å². The second-order valence-corrected chi connectivity index (χ2v) is 9.07. The molecule has 2 aromatic carbocycles. The zero-order valence-corrected chi connectivity index (χ0v) is 16.7. The Bertz CT molecular complexity index is 935. The van der Waals surface area contributed by atoms with Crippen molar-refractivity contribution in [3.8, 4) is 5.75 Å². The van der Waals surface area contributed by atoms with Crippen molar-refractivity contribution >= 4 is 15.7 Å². The van der Waals surface area contributed by atoms with Gasteiger partial charge in [-0.25, -0.2) is 8.42 Å². The highest BCUT2D eigenvalue weighted by atomic mass is 32.2. The Hall–Kier alpha value is -2.34. The van der Waals surface area contributed by atoms with Gasteiger partial charge in [-0.15, -0.1) is 0 Å². The molecule has 0 saturated heterocycles. The van der Waals surface area contributed by atoms with Crippen LogP contribution in [0.25, 0.3) is 0 Å². The highest BCUT2D eigenvalue weighted by Crippen LogP contribution is 2.31. The number of fused-ring (bicyclic) bond motifs is 1. The molecule has 0 spiro atoms. The van der Waals surface area contributed by atoms with E-state index < -0.39 is 9.84 Å². The van der Waals surface area contributed by atoms with E-state index in [0.29, 0.717) is 6.61 Å². The van der Waals surface area contributed by atoms with Crippen molar-refractivity contribution in [2.75, 3.05) is 12.9 Å². The molecule has 1 heterocycles. The van der Waals surface area contributed by atoms with Gasteiger partial charge in [0.15, 0.2) is 9.84 Å². The van der Waals surface area contributed by atoms with Gasteiger partial charge in [0.1, 0.15) is 5.75 Å². The van der Waals surface area contributed by atoms with Crippen molar-refractivity contribution in [2.24, 2.45) is 5.92 Å². The molecule has 1 aliphatic rings. The zero-order valence-electron chi connectivity index (χ0n) is 15.9. The molecular weight excluding hydrogens is 362 g/mol. The lowest BCUT2D eigenvalue weighted by Gasteiger charge is -2.22. The second-order valence-electron chi connectivity index (χ2n) is 7.06. The maximum atomic E-state index is 12.6. The number of carbonyl (C=O) groups is 1. The van der Waals surface area contributed by atoms with Gasteiger partial charge in [-0.2, -0.15) is 0 Å². The predicted molar refractivity (Wildman–Crippen MR) is 105 cm³/mol. The summed E-state index contributed by atoms with van der Waals surface area (Å²) in [5.74, 6) is 0.769. The minimum Gasteiger partial charge on any atom is -0.493 e. The lowest BCUT2D eigenvalue weighted by atomic mass is 9.95. The van der Waals surface area contributed by atoms with Crippen LogP contribution in [0.5, 0.6) is 5.75 Å². The van der Waals surface area contributed by atoms with Crippen LogP contribution in [0.1, 0.15) is 43.0 Å². The summed E-state index contributed by atoms with van der Waals surface area (Å²) in [6.07, 6.45) is 2.79. The Labute approximate surface area is 160 Å². The first kappa shape index (κ1) is 19.4. The standard InChI is InChI=1S/C21H25NO4S/c1-4-14(2)21(23)22-20(15-5-8-18(9-6-15)27(3,24)25)17-7-10-19-16(13-17)11-12-26-19/h5-10,13-14,20H,4,11-12H2,1-3H3,(H,22,23)/t14-,20?/m0/s1. The average molecular weight is 388 g/mol. The number of amides is 1. The normalized spacial score (nSPS) is 15.5. The van der Waals surface area contributed by atoms with Crippen LogP contribution < -0.4 is 10.1 Å². The smallest absolute Gasteiger partial charge is 0.223 e. The molecule has 0 fully saturated rings. The molecule has 27 heavy (non-hydrogen) atoms. The quantitative estimate of drug-likeness (QED) is 0.826. The minimum absolute atomic E-state index is 0.0218. The van der Waals surface area contributed by atoms with Gasteiger partial charge in [0.25, 0.3) is 0 Å². The molecule has 6 heteroatoms. The SMILES string of the molecule is CC[C@H](C)C(=O)NC(c1ccc(S(C)(=O)=O)cc1)c1ccc2c(c1)CCO2. The number of nitrogens with one attached hydrogen (secondary N) is 1. The number of carbonyl (C=O) groups excluding carboxylic acids is 1. The van der Waals surface area contributed by atoms with Crippen LogP contribution in [-0.2, 0) is 21.1 Å². The van der Waals surface area contributed by atoms with Crippen LogP contribution in [0.15, 0.2) is 47.4 Å². The van der Waals surface area contributed by atoms with Gasteiger partial charge in [-0.3, -0.25) is 4.79 Å². The summed E-state index contributed by atoms with van der Waals surface area (Å²) in [7, 11) is -3.26. The van der Waals surface area contributed by atoms with Crippen molar-refractivity contribution in [3.63, 3.8) is 0 Å². The highest BCUT2D eigenvalue weighted by Gasteiger charge is 2.22. The third-order valence-electron chi connectivity index (χ3n) is 5.03. The third-order valence-corrected chi connectivity index (χ3v) is 6.16. The number of hydrogen-bond acceptors (Lipinski definition) is 4. The number of benzene rings is 2. The number of sulfone groups is 1. The Morgan fingerprint density at radius 3 is 2.44 bits per heavy atom. The van der Waals surface area contributed by atoms with Gasteiger partial charge >= 0.3 is 0 Å². The summed E-state index contributed by atoms with van der Waals surface area (Å²) in [6, 6.07) is 12.3. The topological polar surface area (TPSA) is 72.5 Å². The van der Waals surface area contributed by atoms with E-state index in [1.54, 1.807) is 24.3 Å². The predicted octanol–water partition coefficient (Wildman–Crippen LogP) is 3.28. The molecule has 1 amide bonds. The first-order chi connectivity index (χ1) is 12.8. The van der Waals surface area contributed by atoms with Crippen LogP contribution in [0.3, 0.4) is 0 Å². The zero-order chi connectivity index (χ0) is 19.6. The Morgan fingerprint density at radius 1 is 1.15 bits per heavy atom. The van der Waals surface area contributed by atoms with E-state index in [0.717, 1.165) is 35.3 Å². The van der Waals surface area contributed by atoms with E-state index in [1.807, 2.05) is 26.0 Å². The first-order valence-electron chi connectivity index (χ1n) is 9.15. The third kappa shape index (κ3) is 4.33. The largest absolute Gasteiger partial charge is 0.493 e. The summed E-state index contributed by atoms with van der Waals surface area (Å²) in [5.41, 5.74) is 2.93. The van der Waals surface area contributed by atoms with Crippen molar-refractivity contribution in [3.05, 3.63) is 59.2 Å². The maximum Gasteiger partial charge on any atom is 0.223 e. The van der Waals surface area contributed by atoms with Gasteiger partial charge in [0, 0.05) is 18.6 Å². The van der Waals surface area contributed by atoms with Crippen molar-refractivity contribution in [1.29, 1.82) is 0 Å².